The fraction of sp³-hybridized carbons (Fsp3) is 0.733. The van der Waals surface area contributed by atoms with E-state index in [0.717, 1.165) is 18.2 Å². The normalized spacial score (nSPS) is 26.1. The van der Waals surface area contributed by atoms with E-state index in [4.69, 9.17) is 4.42 Å². The molecule has 2 aliphatic rings. The van der Waals surface area contributed by atoms with Crippen molar-refractivity contribution in [2.24, 2.45) is 0 Å². The second kappa shape index (κ2) is 5.89. The molecule has 3 heteroatoms. The Kier molecular flexibility index (Phi) is 4.01. The zero-order valence-corrected chi connectivity index (χ0v) is 11.2. The quantitative estimate of drug-likeness (QED) is 0.815. The van der Waals surface area contributed by atoms with E-state index in [1.165, 1.54) is 58.4 Å². The van der Waals surface area contributed by atoms with Crippen LogP contribution in [-0.4, -0.2) is 48.6 Å². The zero-order valence-electron chi connectivity index (χ0n) is 11.2. The van der Waals surface area contributed by atoms with Gasteiger partial charge < -0.3 is 9.32 Å². The number of hydrogen-bond donors (Lipinski definition) is 0. The molecule has 0 N–H and O–H groups in total. The maximum absolute atomic E-state index is 5.39. The first-order valence-corrected chi connectivity index (χ1v) is 7.40. The minimum absolute atomic E-state index is 0.844. The van der Waals surface area contributed by atoms with Gasteiger partial charge in [-0.25, -0.2) is 0 Å². The van der Waals surface area contributed by atoms with Crippen LogP contribution in [0.4, 0.5) is 0 Å². The minimum Gasteiger partial charge on any atom is -0.469 e. The Morgan fingerprint density at radius 2 is 2.17 bits per heavy atom. The largest absolute Gasteiger partial charge is 0.469 e. The number of furan rings is 1. The van der Waals surface area contributed by atoms with E-state index < -0.39 is 0 Å². The summed E-state index contributed by atoms with van der Waals surface area (Å²) in [7, 11) is 0. The number of rotatable bonds is 4. The second-order valence-electron chi connectivity index (χ2n) is 5.67. The molecule has 2 fully saturated rings. The molecule has 3 rings (SSSR count). The molecule has 2 aliphatic heterocycles. The van der Waals surface area contributed by atoms with Gasteiger partial charge in [0.05, 0.1) is 6.26 Å². The highest BCUT2D eigenvalue weighted by Gasteiger charge is 2.28. The number of nitrogens with zero attached hydrogens (tertiary/aromatic N) is 2. The predicted molar refractivity (Wildman–Crippen MR) is 72.7 cm³/mol. The molecule has 2 saturated heterocycles. The average molecular weight is 248 g/mol. The fourth-order valence-electron chi connectivity index (χ4n) is 3.42. The van der Waals surface area contributed by atoms with Gasteiger partial charge >= 0.3 is 0 Å². The summed E-state index contributed by atoms with van der Waals surface area (Å²) < 4.78 is 5.39. The highest BCUT2D eigenvalue weighted by Crippen LogP contribution is 2.21. The monoisotopic (exact) mass is 248 g/mol. The lowest BCUT2D eigenvalue weighted by molar-refractivity contribution is 0.218. The van der Waals surface area contributed by atoms with Crippen LogP contribution in [0.5, 0.6) is 0 Å². The van der Waals surface area contributed by atoms with Crippen molar-refractivity contribution in [3.05, 3.63) is 24.2 Å². The molecule has 18 heavy (non-hydrogen) atoms. The lowest BCUT2D eigenvalue weighted by Gasteiger charge is -2.25. The van der Waals surface area contributed by atoms with E-state index >= 15 is 0 Å². The van der Waals surface area contributed by atoms with Crippen LogP contribution in [0.1, 0.15) is 31.4 Å². The Hall–Kier alpha value is -0.800. The summed E-state index contributed by atoms with van der Waals surface area (Å²) in [6.45, 7) is 6.46. The second-order valence-corrected chi connectivity index (χ2v) is 5.67. The molecule has 3 nitrogen and oxygen atoms in total. The third kappa shape index (κ3) is 2.96. The summed E-state index contributed by atoms with van der Waals surface area (Å²) in [5.74, 6) is 1.13. The van der Waals surface area contributed by atoms with E-state index in [1.54, 1.807) is 6.26 Å². The van der Waals surface area contributed by atoms with E-state index in [1.807, 2.05) is 6.07 Å². The summed E-state index contributed by atoms with van der Waals surface area (Å²) in [6.07, 6.45) is 8.24. The lowest BCUT2D eigenvalue weighted by atomic mass is 10.2. The molecule has 0 radical (unpaired) electrons. The Bertz CT molecular complexity index is 349. The van der Waals surface area contributed by atoms with Gasteiger partial charge in [-0.3, -0.25) is 4.90 Å². The summed E-state index contributed by atoms with van der Waals surface area (Å²) in [5, 5.41) is 0. The summed E-state index contributed by atoms with van der Waals surface area (Å²) in [4.78, 5) is 5.37. The Morgan fingerprint density at radius 3 is 3.06 bits per heavy atom. The summed E-state index contributed by atoms with van der Waals surface area (Å²) in [6, 6.07) is 4.91. The molecule has 0 aliphatic carbocycles. The van der Waals surface area contributed by atoms with Gasteiger partial charge in [-0.2, -0.15) is 0 Å². The van der Waals surface area contributed by atoms with E-state index in [2.05, 4.69) is 15.9 Å². The first kappa shape index (κ1) is 12.2. The van der Waals surface area contributed by atoms with Crippen LogP contribution < -0.4 is 0 Å². The molecule has 100 valence electrons. The maximum atomic E-state index is 5.39. The molecule has 0 amide bonds. The third-order valence-corrected chi connectivity index (χ3v) is 4.37. The summed E-state index contributed by atoms with van der Waals surface area (Å²) >= 11 is 0. The molecule has 1 aromatic heterocycles. The van der Waals surface area contributed by atoms with Crippen molar-refractivity contribution >= 4 is 0 Å². The van der Waals surface area contributed by atoms with Gasteiger partial charge in [-0.15, -0.1) is 0 Å². The number of hydrogen-bond acceptors (Lipinski definition) is 3. The molecule has 0 spiro atoms. The van der Waals surface area contributed by atoms with Gasteiger partial charge in [0.15, 0.2) is 0 Å². The van der Waals surface area contributed by atoms with Gasteiger partial charge in [0.25, 0.3) is 0 Å². The van der Waals surface area contributed by atoms with Crippen LogP contribution in [0.15, 0.2) is 22.8 Å². The maximum Gasteiger partial charge on any atom is 0.103 e. The first-order chi connectivity index (χ1) is 8.92. The van der Waals surface area contributed by atoms with Crippen molar-refractivity contribution in [1.82, 2.24) is 9.80 Å². The molecule has 0 aromatic carbocycles. The molecule has 0 saturated carbocycles. The fourth-order valence-corrected chi connectivity index (χ4v) is 3.42. The van der Waals surface area contributed by atoms with Crippen LogP contribution in [-0.2, 0) is 6.42 Å². The molecule has 1 atom stereocenters. The average Bonchev–Trinajstić information content (AvgIpc) is 2.99. The highest BCUT2D eigenvalue weighted by atomic mass is 16.3. The molecular formula is C15H24N2O. The van der Waals surface area contributed by atoms with Crippen molar-refractivity contribution in [1.29, 1.82) is 0 Å². The smallest absolute Gasteiger partial charge is 0.103 e. The van der Waals surface area contributed by atoms with E-state index in [-0.39, 0.29) is 0 Å². The molecule has 3 heterocycles. The highest BCUT2D eigenvalue weighted by molar-refractivity contribution is 4.98. The molecule has 0 unspecified atom stereocenters. The van der Waals surface area contributed by atoms with Gasteiger partial charge in [-0.05, 0) is 64.0 Å². The molecular weight excluding hydrogens is 224 g/mol. The SMILES string of the molecule is c1coc(CCCN2CCCN3CCC[C@H]3C2)c1. The Morgan fingerprint density at radius 1 is 1.22 bits per heavy atom. The van der Waals surface area contributed by atoms with Crippen molar-refractivity contribution in [2.45, 2.75) is 38.1 Å². The Balaban J connectivity index is 1.44. The molecule has 0 bridgehead atoms. The topological polar surface area (TPSA) is 19.6 Å². The number of aryl methyl sites for hydroxylation is 1. The van der Waals surface area contributed by atoms with Gasteiger partial charge in [0, 0.05) is 19.0 Å². The van der Waals surface area contributed by atoms with Crippen LogP contribution in [0.3, 0.4) is 0 Å². The van der Waals surface area contributed by atoms with Gasteiger partial charge in [0.2, 0.25) is 0 Å². The standard InChI is InChI=1S/C15H24N2O/c1-5-14-13-16(9-4-11-17(14)10-1)8-2-6-15-7-3-12-18-15/h3,7,12,14H,1-2,4-6,8-11,13H2/t14-/m0/s1. The minimum atomic E-state index is 0.844. The van der Waals surface area contributed by atoms with E-state index in [0.29, 0.717) is 0 Å². The van der Waals surface area contributed by atoms with Crippen LogP contribution in [0.2, 0.25) is 0 Å². The van der Waals surface area contributed by atoms with Gasteiger partial charge in [0.1, 0.15) is 5.76 Å². The third-order valence-electron chi connectivity index (χ3n) is 4.37. The molecule has 1 aromatic rings. The lowest BCUT2D eigenvalue weighted by Crippen LogP contribution is -2.37. The van der Waals surface area contributed by atoms with E-state index in [9.17, 15) is 0 Å². The Labute approximate surface area is 110 Å². The zero-order chi connectivity index (χ0) is 12.2. The van der Waals surface area contributed by atoms with Crippen LogP contribution in [0, 0.1) is 0 Å². The van der Waals surface area contributed by atoms with Crippen LogP contribution in [0.25, 0.3) is 0 Å². The van der Waals surface area contributed by atoms with Crippen LogP contribution >= 0.6 is 0 Å². The van der Waals surface area contributed by atoms with Crippen molar-refractivity contribution in [3.8, 4) is 0 Å². The number of fused-ring (bicyclic) bond motifs is 1. The van der Waals surface area contributed by atoms with Crippen molar-refractivity contribution < 1.29 is 4.42 Å². The first-order valence-electron chi connectivity index (χ1n) is 7.40. The van der Waals surface area contributed by atoms with Gasteiger partial charge in [-0.1, -0.05) is 0 Å². The summed E-state index contributed by atoms with van der Waals surface area (Å²) in [5.41, 5.74) is 0. The van der Waals surface area contributed by atoms with Crippen molar-refractivity contribution in [3.63, 3.8) is 0 Å². The van der Waals surface area contributed by atoms with Crippen molar-refractivity contribution in [2.75, 3.05) is 32.7 Å². The predicted octanol–water partition coefficient (Wildman–Crippen LogP) is 2.38.